The molecule has 1 atom stereocenters. The molecule has 0 aliphatic heterocycles. The van der Waals surface area contributed by atoms with E-state index in [2.05, 4.69) is 30.6 Å². The number of aromatic nitrogens is 3. The zero-order valence-corrected chi connectivity index (χ0v) is 12.5. The molecule has 19 heavy (non-hydrogen) atoms. The summed E-state index contributed by atoms with van der Waals surface area (Å²) >= 11 is 9.68. The third kappa shape index (κ3) is 2.40. The molecule has 0 saturated carbocycles. The minimum atomic E-state index is -0.168. The highest BCUT2D eigenvalue weighted by Crippen LogP contribution is 2.27. The zero-order chi connectivity index (χ0) is 13.4. The Morgan fingerprint density at radius 2 is 2.26 bits per heavy atom. The number of rotatable bonds is 3. The summed E-state index contributed by atoms with van der Waals surface area (Å²) in [7, 11) is 0. The molecule has 0 fully saturated rings. The molecule has 4 nitrogen and oxygen atoms in total. The van der Waals surface area contributed by atoms with Crippen molar-refractivity contribution in [3.8, 4) is 0 Å². The van der Waals surface area contributed by atoms with Crippen LogP contribution in [-0.2, 0) is 6.54 Å². The summed E-state index contributed by atoms with van der Waals surface area (Å²) in [4.78, 5) is 4.60. The standard InChI is InChI=1S/C13H11BrClN3O/c1-8(15)13-16-11-6-9(14)2-3-12(11)18(13)7-10-4-5-19-17-10/h2-6,8H,7H2,1H3. The van der Waals surface area contributed by atoms with Crippen LogP contribution in [0.15, 0.2) is 39.5 Å². The van der Waals surface area contributed by atoms with E-state index >= 15 is 0 Å². The number of benzene rings is 1. The van der Waals surface area contributed by atoms with Crippen molar-refractivity contribution in [2.24, 2.45) is 0 Å². The lowest BCUT2D eigenvalue weighted by Gasteiger charge is -2.08. The summed E-state index contributed by atoms with van der Waals surface area (Å²) in [6, 6.07) is 7.84. The van der Waals surface area contributed by atoms with Gasteiger partial charge in [-0.1, -0.05) is 21.1 Å². The van der Waals surface area contributed by atoms with Gasteiger partial charge in [0.1, 0.15) is 17.8 Å². The first-order chi connectivity index (χ1) is 9.15. The molecule has 0 aliphatic rings. The Morgan fingerprint density at radius 3 is 2.95 bits per heavy atom. The van der Waals surface area contributed by atoms with Crippen LogP contribution in [0.5, 0.6) is 0 Å². The molecule has 1 aromatic carbocycles. The van der Waals surface area contributed by atoms with Crippen molar-refractivity contribution in [3.63, 3.8) is 0 Å². The molecule has 0 amide bonds. The van der Waals surface area contributed by atoms with Crippen molar-refractivity contribution in [3.05, 3.63) is 46.5 Å². The van der Waals surface area contributed by atoms with Gasteiger partial charge >= 0.3 is 0 Å². The van der Waals surface area contributed by atoms with Crippen molar-refractivity contribution in [1.29, 1.82) is 0 Å². The summed E-state index contributed by atoms with van der Waals surface area (Å²) < 4.78 is 7.94. The van der Waals surface area contributed by atoms with Crippen molar-refractivity contribution >= 4 is 38.6 Å². The van der Waals surface area contributed by atoms with Gasteiger partial charge in [-0.2, -0.15) is 0 Å². The van der Waals surface area contributed by atoms with Crippen molar-refractivity contribution in [1.82, 2.24) is 14.7 Å². The molecular formula is C13H11BrClN3O. The highest BCUT2D eigenvalue weighted by atomic mass is 79.9. The number of halogens is 2. The highest BCUT2D eigenvalue weighted by Gasteiger charge is 2.16. The lowest BCUT2D eigenvalue weighted by molar-refractivity contribution is 0.409. The monoisotopic (exact) mass is 339 g/mol. The number of hydrogen-bond donors (Lipinski definition) is 0. The van der Waals surface area contributed by atoms with Crippen molar-refractivity contribution in [2.75, 3.05) is 0 Å². The Bertz CT molecular complexity index is 706. The Labute approximate surface area is 123 Å². The lowest BCUT2D eigenvalue weighted by Crippen LogP contribution is -2.05. The highest BCUT2D eigenvalue weighted by molar-refractivity contribution is 9.10. The molecule has 2 heterocycles. The number of fused-ring (bicyclic) bond motifs is 1. The van der Waals surface area contributed by atoms with E-state index in [-0.39, 0.29) is 5.38 Å². The predicted molar refractivity (Wildman–Crippen MR) is 77.3 cm³/mol. The van der Waals surface area contributed by atoms with Gasteiger partial charge in [0.15, 0.2) is 0 Å². The van der Waals surface area contributed by atoms with Crippen LogP contribution in [-0.4, -0.2) is 14.7 Å². The summed E-state index contributed by atoms with van der Waals surface area (Å²) in [6.45, 7) is 2.51. The van der Waals surface area contributed by atoms with E-state index in [1.807, 2.05) is 31.2 Å². The third-order valence-corrected chi connectivity index (χ3v) is 3.60. The summed E-state index contributed by atoms with van der Waals surface area (Å²) in [5, 5.41) is 3.77. The number of imidazole rings is 1. The summed E-state index contributed by atoms with van der Waals surface area (Å²) in [6.07, 6.45) is 1.56. The molecule has 0 N–H and O–H groups in total. The first-order valence-electron chi connectivity index (χ1n) is 5.84. The largest absolute Gasteiger partial charge is 0.364 e. The molecule has 0 bridgehead atoms. The molecule has 0 spiro atoms. The van der Waals surface area contributed by atoms with E-state index in [1.54, 1.807) is 6.26 Å². The van der Waals surface area contributed by atoms with Crippen LogP contribution in [0.2, 0.25) is 0 Å². The fourth-order valence-electron chi connectivity index (χ4n) is 2.07. The first kappa shape index (κ1) is 12.7. The second-order valence-corrected chi connectivity index (χ2v) is 5.87. The van der Waals surface area contributed by atoms with Crippen LogP contribution in [0.25, 0.3) is 11.0 Å². The molecule has 6 heteroatoms. The smallest absolute Gasteiger partial charge is 0.128 e. The normalized spacial score (nSPS) is 13.0. The molecule has 3 aromatic rings. The quantitative estimate of drug-likeness (QED) is 0.673. The number of alkyl halides is 1. The Hall–Kier alpha value is -1.33. The molecule has 98 valence electrons. The Morgan fingerprint density at radius 1 is 1.42 bits per heavy atom. The van der Waals surface area contributed by atoms with E-state index in [0.29, 0.717) is 6.54 Å². The van der Waals surface area contributed by atoms with Crippen LogP contribution in [0.4, 0.5) is 0 Å². The fourth-order valence-corrected chi connectivity index (χ4v) is 2.59. The van der Waals surface area contributed by atoms with E-state index in [0.717, 1.165) is 27.0 Å². The predicted octanol–water partition coefficient (Wildman–Crippen LogP) is 4.13. The second kappa shape index (κ2) is 4.98. The van der Waals surface area contributed by atoms with E-state index in [1.165, 1.54) is 0 Å². The maximum atomic E-state index is 6.22. The van der Waals surface area contributed by atoms with Crippen LogP contribution < -0.4 is 0 Å². The molecule has 0 radical (unpaired) electrons. The van der Waals surface area contributed by atoms with Gasteiger partial charge in [-0.15, -0.1) is 11.6 Å². The molecule has 1 unspecified atom stereocenters. The molecule has 0 saturated heterocycles. The lowest BCUT2D eigenvalue weighted by atomic mass is 10.3. The Kier molecular flexibility index (Phi) is 3.33. The van der Waals surface area contributed by atoms with Crippen LogP contribution in [0.3, 0.4) is 0 Å². The SMILES string of the molecule is CC(Cl)c1nc2cc(Br)ccc2n1Cc1ccon1. The number of hydrogen-bond acceptors (Lipinski definition) is 3. The maximum absolute atomic E-state index is 6.22. The van der Waals surface area contributed by atoms with Gasteiger partial charge < -0.3 is 9.09 Å². The fraction of sp³-hybridized carbons (Fsp3) is 0.231. The summed E-state index contributed by atoms with van der Waals surface area (Å²) in [5.41, 5.74) is 2.80. The van der Waals surface area contributed by atoms with E-state index in [9.17, 15) is 0 Å². The van der Waals surface area contributed by atoms with Gasteiger partial charge in [0.25, 0.3) is 0 Å². The van der Waals surface area contributed by atoms with Gasteiger partial charge in [0, 0.05) is 10.5 Å². The van der Waals surface area contributed by atoms with Crippen LogP contribution in [0, 0.1) is 0 Å². The zero-order valence-electron chi connectivity index (χ0n) is 10.2. The maximum Gasteiger partial charge on any atom is 0.128 e. The molecule has 2 aromatic heterocycles. The first-order valence-corrected chi connectivity index (χ1v) is 7.07. The topological polar surface area (TPSA) is 43.9 Å². The van der Waals surface area contributed by atoms with E-state index in [4.69, 9.17) is 16.1 Å². The summed E-state index contributed by atoms with van der Waals surface area (Å²) in [5.74, 6) is 0.831. The van der Waals surface area contributed by atoms with Gasteiger partial charge in [0.2, 0.25) is 0 Å². The molecular weight excluding hydrogens is 330 g/mol. The average Bonchev–Trinajstić information content (AvgIpc) is 2.97. The third-order valence-electron chi connectivity index (χ3n) is 2.91. The van der Waals surface area contributed by atoms with Crippen molar-refractivity contribution < 1.29 is 4.52 Å². The van der Waals surface area contributed by atoms with Gasteiger partial charge in [-0.25, -0.2) is 4.98 Å². The van der Waals surface area contributed by atoms with Gasteiger partial charge in [0.05, 0.1) is 23.0 Å². The average molecular weight is 341 g/mol. The molecule has 0 aliphatic carbocycles. The van der Waals surface area contributed by atoms with Crippen LogP contribution in [0.1, 0.15) is 23.8 Å². The van der Waals surface area contributed by atoms with Gasteiger partial charge in [-0.05, 0) is 25.1 Å². The minimum absolute atomic E-state index is 0.168. The van der Waals surface area contributed by atoms with Crippen LogP contribution >= 0.6 is 27.5 Å². The Balaban J connectivity index is 2.16. The van der Waals surface area contributed by atoms with Crippen molar-refractivity contribution in [2.45, 2.75) is 18.8 Å². The van der Waals surface area contributed by atoms with E-state index < -0.39 is 0 Å². The minimum Gasteiger partial charge on any atom is -0.364 e. The second-order valence-electron chi connectivity index (χ2n) is 4.30. The molecule has 3 rings (SSSR count). The van der Waals surface area contributed by atoms with Gasteiger partial charge in [-0.3, -0.25) is 0 Å². The number of nitrogens with zero attached hydrogens (tertiary/aromatic N) is 3.